The van der Waals surface area contributed by atoms with E-state index in [0.29, 0.717) is 52.5 Å². The first-order valence-electron chi connectivity index (χ1n) is 9.73. The molecule has 3 fully saturated rings. The molecule has 0 unspecified atom stereocenters. The molecular formula is C18H26N6O4. The van der Waals surface area contributed by atoms with Crippen LogP contribution in [0.15, 0.2) is 6.07 Å². The fourth-order valence-electron chi connectivity index (χ4n) is 3.62. The molecule has 3 aliphatic rings. The van der Waals surface area contributed by atoms with Crippen LogP contribution in [-0.4, -0.2) is 104 Å². The number of morpholine rings is 1. The minimum atomic E-state index is -0.404. The van der Waals surface area contributed by atoms with Crippen molar-refractivity contribution >= 4 is 23.8 Å². The molecule has 0 N–H and O–H groups in total. The van der Waals surface area contributed by atoms with E-state index in [-0.39, 0.29) is 12.5 Å². The van der Waals surface area contributed by atoms with Crippen LogP contribution in [0.5, 0.6) is 0 Å². The Balaban J connectivity index is 1.36. The monoisotopic (exact) mass is 390 g/mol. The molecule has 3 saturated heterocycles. The lowest BCUT2D eigenvalue weighted by molar-refractivity contribution is -0.132. The summed E-state index contributed by atoms with van der Waals surface area (Å²) in [6.07, 6.45) is -0.404. The van der Waals surface area contributed by atoms with Gasteiger partial charge in [0, 0.05) is 51.0 Å². The number of hydrogen-bond acceptors (Lipinski definition) is 8. The van der Waals surface area contributed by atoms with Gasteiger partial charge in [0.1, 0.15) is 19.0 Å². The van der Waals surface area contributed by atoms with Crippen LogP contribution in [0.4, 0.5) is 16.6 Å². The Labute approximate surface area is 164 Å². The average molecular weight is 390 g/mol. The number of nitrogens with zero attached hydrogens (tertiary/aromatic N) is 6. The molecule has 10 nitrogen and oxygen atoms in total. The van der Waals surface area contributed by atoms with Gasteiger partial charge in [0.05, 0.1) is 19.8 Å². The molecule has 10 heteroatoms. The maximum absolute atomic E-state index is 12.5. The highest BCUT2D eigenvalue weighted by atomic mass is 16.6. The fourth-order valence-corrected chi connectivity index (χ4v) is 3.62. The minimum absolute atomic E-state index is 0.0358. The highest BCUT2D eigenvalue weighted by Crippen LogP contribution is 2.20. The Bertz CT molecular complexity index is 731. The lowest BCUT2D eigenvalue weighted by atomic mass is 10.3. The second-order valence-electron chi connectivity index (χ2n) is 7.17. The number of carbonyl (C=O) groups is 2. The van der Waals surface area contributed by atoms with Crippen molar-refractivity contribution in [1.29, 1.82) is 0 Å². The Hall–Kier alpha value is -2.62. The number of rotatable bonds is 4. The molecule has 0 saturated carbocycles. The first-order valence-corrected chi connectivity index (χ1v) is 9.73. The third-order valence-corrected chi connectivity index (χ3v) is 5.25. The summed E-state index contributed by atoms with van der Waals surface area (Å²) in [7, 11) is 0. The number of cyclic esters (lactones) is 1. The van der Waals surface area contributed by atoms with Crippen LogP contribution in [0.25, 0.3) is 0 Å². The van der Waals surface area contributed by atoms with Crippen LogP contribution >= 0.6 is 0 Å². The Morgan fingerprint density at radius 2 is 1.75 bits per heavy atom. The van der Waals surface area contributed by atoms with Crippen LogP contribution in [0, 0.1) is 6.92 Å². The van der Waals surface area contributed by atoms with Gasteiger partial charge in [-0.05, 0) is 6.92 Å². The van der Waals surface area contributed by atoms with Gasteiger partial charge in [0.25, 0.3) is 0 Å². The van der Waals surface area contributed by atoms with Crippen molar-refractivity contribution in [3.05, 3.63) is 11.8 Å². The summed E-state index contributed by atoms with van der Waals surface area (Å²) in [5, 5.41) is 0. The van der Waals surface area contributed by atoms with Crippen LogP contribution in [0.1, 0.15) is 5.69 Å². The number of aryl methyl sites for hydroxylation is 1. The van der Waals surface area contributed by atoms with Gasteiger partial charge in [-0.25, -0.2) is 9.78 Å². The number of ether oxygens (including phenoxy) is 2. The SMILES string of the molecule is Cc1cc(N2CCN(C(=O)CN3CCOC3=O)CC2)nc(N2CCOCC2)n1. The van der Waals surface area contributed by atoms with Gasteiger partial charge in [-0.15, -0.1) is 0 Å². The van der Waals surface area contributed by atoms with E-state index in [1.54, 1.807) is 4.90 Å². The molecule has 1 aromatic heterocycles. The van der Waals surface area contributed by atoms with Crippen molar-refractivity contribution in [3.8, 4) is 0 Å². The summed E-state index contributed by atoms with van der Waals surface area (Å²) in [6.45, 7) is 8.51. The molecule has 2 amide bonds. The molecule has 0 aliphatic carbocycles. The standard InChI is InChI=1S/C18H26N6O4/c1-14-12-15(20-17(19-14)23-6-9-27-10-7-23)21-2-4-22(5-3-21)16(25)13-24-8-11-28-18(24)26/h12H,2-11,13H2,1H3. The molecule has 0 aromatic carbocycles. The molecule has 0 atom stereocenters. The zero-order chi connectivity index (χ0) is 19.5. The molecule has 0 bridgehead atoms. The van der Waals surface area contributed by atoms with E-state index in [9.17, 15) is 9.59 Å². The van der Waals surface area contributed by atoms with E-state index in [1.807, 2.05) is 13.0 Å². The van der Waals surface area contributed by atoms with Gasteiger partial charge in [0.2, 0.25) is 11.9 Å². The van der Waals surface area contributed by atoms with Crippen LogP contribution in [0.3, 0.4) is 0 Å². The molecule has 152 valence electrons. The van der Waals surface area contributed by atoms with Gasteiger partial charge >= 0.3 is 6.09 Å². The van der Waals surface area contributed by atoms with Gasteiger partial charge < -0.3 is 24.2 Å². The molecule has 4 heterocycles. The topological polar surface area (TPSA) is 91.3 Å². The second-order valence-corrected chi connectivity index (χ2v) is 7.17. The predicted molar refractivity (Wildman–Crippen MR) is 102 cm³/mol. The summed E-state index contributed by atoms with van der Waals surface area (Å²) in [5.74, 6) is 1.60. The van der Waals surface area contributed by atoms with Crippen molar-refractivity contribution < 1.29 is 19.1 Å². The summed E-state index contributed by atoms with van der Waals surface area (Å²) in [6, 6.07) is 1.99. The average Bonchev–Trinajstić information content (AvgIpc) is 3.13. The highest BCUT2D eigenvalue weighted by Gasteiger charge is 2.28. The van der Waals surface area contributed by atoms with Gasteiger partial charge in [-0.1, -0.05) is 0 Å². The van der Waals surface area contributed by atoms with E-state index in [4.69, 9.17) is 14.5 Å². The smallest absolute Gasteiger partial charge is 0.410 e. The Morgan fingerprint density at radius 1 is 1.00 bits per heavy atom. The third-order valence-electron chi connectivity index (χ3n) is 5.25. The zero-order valence-corrected chi connectivity index (χ0v) is 16.2. The van der Waals surface area contributed by atoms with E-state index in [0.717, 1.165) is 30.5 Å². The molecule has 0 radical (unpaired) electrons. The largest absolute Gasteiger partial charge is 0.448 e. The van der Waals surface area contributed by atoms with E-state index in [2.05, 4.69) is 14.8 Å². The molecule has 28 heavy (non-hydrogen) atoms. The molecule has 4 rings (SSSR count). The summed E-state index contributed by atoms with van der Waals surface area (Å²) in [5.41, 5.74) is 0.928. The number of piperazine rings is 1. The minimum Gasteiger partial charge on any atom is -0.448 e. The zero-order valence-electron chi connectivity index (χ0n) is 16.2. The lowest BCUT2D eigenvalue weighted by Gasteiger charge is -2.36. The third kappa shape index (κ3) is 4.11. The van der Waals surface area contributed by atoms with Crippen LogP contribution in [-0.2, 0) is 14.3 Å². The van der Waals surface area contributed by atoms with Crippen molar-refractivity contribution in [3.63, 3.8) is 0 Å². The summed E-state index contributed by atoms with van der Waals surface area (Å²) < 4.78 is 10.3. The molecular weight excluding hydrogens is 364 g/mol. The highest BCUT2D eigenvalue weighted by molar-refractivity contribution is 5.83. The van der Waals surface area contributed by atoms with Crippen molar-refractivity contribution in [2.75, 3.05) is 82.0 Å². The Kier molecular flexibility index (Phi) is 5.47. The van der Waals surface area contributed by atoms with Crippen LogP contribution in [0.2, 0.25) is 0 Å². The molecule has 3 aliphatic heterocycles. The van der Waals surface area contributed by atoms with Gasteiger partial charge in [-0.3, -0.25) is 9.69 Å². The van der Waals surface area contributed by atoms with Crippen molar-refractivity contribution in [2.45, 2.75) is 6.92 Å². The number of anilines is 2. The van der Waals surface area contributed by atoms with Gasteiger partial charge in [-0.2, -0.15) is 4.98 Å². The van der Waals surface area contributed by atoms with Crippen molar-refractivity contribution in [2.24, 2.45) is 0 Å². The van der Waals surface area contributed by atoms with E-state index in [1.165, 1.54) is 4.90 Å². The predicted octanol–water partition coefficient (Wildman–Crippen LogP) is -0.278. The first-order chi connectivity index (χ1) is 13.6. The van der Waals surface area contributed by atoms with E-state index < -0.39 is 6.09 Å². The molecule has 1 aromatic rings. The van der Waals surface area contributed by atoms with Crippen molar-refractivity contribution in [1.82, 2.24) is 19.8 Å². The quantitative estimate of drug-likeness (QED) is 0.694. The normalized spacial score (nSPS) is 20.5. The number of aromatic nitrogens is 2. The molecule has 0 spiro atoms. The van der Waals surface area contributed by atoms with E-state index >= 15 is 0 Å². The number of hydrogen-bond donors (Lipinski definition) is 0. The first kappa shape index (κ1) is 18.7. The fraction of sp³-hybridized carbons (Fsp3) is 0.667. The maximum atomic E-state index is 12.5. The Morgan fingerprint density at radius 3 is 2.43 bits per heavy atom. The van der Waals surface area contributed by atoms with Gasteiger partial charge in [0.15, 0.2) is 0 Å². The second kappa shape index (κ2) is 8.17. The number of carbonyl (C=O) groups excluding carboxylic acids is 2. The maximum Gasteiger partial charge on any atom is 0.410 e. The van der Waals surface area contributed by atoms with Crippen LogP contribution < -0.4 is 9.80 Å². The lowest BCUT2D eigenvalue weighted by Crippen LogP contribution is -2.51. The summed E-state index contributed by atoms with van der Waals surface area (Å²) >= 11 is 0. The number of amides is 2. The summed E-state index contributed by atoms with van der Waals surface area (Å²) in [4.78, 5) is 40.9.